The molecule has 96 valence electrons. The molecule has 0 bridgehead atoms. The molecule has 0 saturated heterocycles. The van der Waals surface area contributed by atoms with Crippen molar-refractivity contribution in [1.82, 2.24) is 4.57 Å². The maximum atomic E-state index is 11.8. The molecule has 0 aliphatic heterocycles. The van der Waals surface area contributed by atoms with Crippen LogP contribution in [-0.2, 0) is 17.8 Å². The van der Waals surface area contributed by atoms with Gasteiger partial charge in [0.2, 0.25) is 0 Å². The predicted octanol–water partition coefficient (Wildman–Crippen LogP) is 1.23. The number of aliphatic carboxylic acids is 1. The number of carbonyl (C=O) groups excluding carboxylic acids is 1. The van der Waals surface area contributed by atoms with Gasteiger partial charge in [-0.25, -0.2) is 0 Å². The molecular weight excluding hydrogens is 234 g/mol. The SMILES string of the molecule is O=C(O)CCCn1c2c(ccc1=O)C(=O)CCC2. The second kappa shape index (κ2) is 5.16. The molecule has 1 aliphatic carbocycles. The topological polar surface area (TPSA) is 76.4 Å². The van der Waals surface area contributed by atoms with Gasteiger partial charge in [0.1, 0.15) is 0 Å². The first-order valence-electron chi connectivity index (χ1n) is 6.07. The van der Waals surface area contributed by atoms with E-state index in [0.29, 0.717) is 31.4 Å². The van der Waals surface area contributed by atoms with Gasteiger partial charge < -0.3 is 9.67 Å². The highest BCUT2D eigenvalue weighted by Crippen LogP contribution is 2.19. The van der Waals surface area contributed by atoms with E-state index in [2.05, 4.69) is 0 Å². The van der Waals surface area contributed by atoms with Crippen molar-refractivity contribution in [3.05, 3.63) is 33.7 Å². The molecule has 1 N–H and O–H groups in total. The second-order valence-electron chi connectivity index (χ2n) is 4.46. The number of hydrogen-bond donors (Lipinski definition) is 1. The molecule has 0 aromatic carbocycles. The van der Waals surface area contributed by atoms with Crippen LogP contribution in [0.4, 0.5) is 0 Å². The fourth-order valence-corrected chi connectivity index (χ4v) is 2.33. The zero-order chi connectivity index (χ0) is 13.1. The molecule has 5 heteroatoms. The first kappa shape index (κ1) is 12.5. The van der Waals surface area contributed by atoms with E-state index in [9.17, 15) is 14.4 Å². The van der Waals surface area contributed by atoms with E-state index in [1.807, 2.05) is 0 Å². The zero-order valence-electron chi connectivity index (χ0n) is 10.0. The van der Waals surface area contributed by atoms with Crippen LogP contribution in [0.1, 0.15) is 41.7 Å². The molecule has 1 heterocycles. The van der Waals surface area contributed by atoms with Crippen molar-refractivity contribution >= 4 is 11.8 Å². The van der Waals surface area contributed by atoms with Crippen molar-refractivity contribution in [2.75, 3.05) is 0 Å². The Kier molecular flexibility index (Phi) is 3.60. The molecule has 0 atom stereocenters. The Balaban J connectivity index is 2.28. The molecule has 0 radical (unpaired) electrons. The molecule has 0 saturated carbocycles. The highest BCUT2D eigenvalue weighted by molar-refractivity contribution is 5.97. The minimum atomic E-state index is -0.871. The highest BCUT2D eigenvalue weighted by Gasteiger charge is 2.20. The number of aromatic nitrogens is 1. The summed E-state index contributed by atoms with van der Waals surface area (Å²) in [5.74, 6) is -0.799. The van der Waals surface area contributed by atoms with Gasteiger partial charge in [-0.05, 0) is 25.3 Å². The maximum absolute atomic E-state index is 11.8. The summed E-state index contributed by atoms with van der Waals surface area (Å²) >= 11 is 0. The molecule has 1 aliphatic rings. The van der Waals surface area contributed by atoms with Gasteiger partial charge in [0, 0.05) is 36.7 Å². The van der Waals surface area contributed by atoms with Crippen molar-refractivity contribution in [3.8, 4) is 0 Å². The van der Waals surface area contributed by atoms with Gasteiger partial charge >= 0.3 is 5.97 Å². The summed E-state index contributed by atoms with van der Waals surface area (Å²) in [7, 11) is 0. The number of hydrogen-bond acceptors (Lipinski definition) is 3. The number of carbonyl (C=O) groups is 2. The second-order valence-corrected chi connectivity index (χ2v) is 4.46. The van der Waals surface area contributed by atoms with Gasteiger partial charge in [-0.15, -0.1) is 0 Å². The number of carboxylic acids is 1. The van der Waals surface area contributed by atoms with Crippen LogP contribution in [0.5, 0.6) is 0 Å². The number of pyridine rings is 1. The number of ketones is 1. The van der Waals surface area contributed by atoms with E-state index in [4.69, 9.17) is 5.11 Å². The van der Waals surface area contributed by atoms with Crippen molar-refractivity contribution in [3.63, 3.8) is 0 Å². The van der Waals surface area contributed by atoms with Crippen LogP contribution < -0.4 is 5.56 Å². The number of fused-ring (bicyclic) bond motifs is 1. The van der Waals surface area contributed by atoms with Crippen LogP contribution in [0.2, 0.25) is 0 Å². The largest absolute Gasteiger partial charge is 0.481 e. The Morgan fingerprint density at radius 2 is 2.06 bits per heavy atom. The van der Waals surface area contributed by atoms with E-state index in [-0.39, 0.29) is 17.8 Å². The fourth-order valence-electron chi connectivity index (χ4n) is 2.33. The average Bonchev–Trinajstić information content (AvgIpc) is 2.32. The number of nitrogens with zero attached hydrogens (tertiary/aromatic N) is 1. The monoisotopic (exact) mass is 249 g/mol. The number of carboxylic acid groups (broad SMARTS) is 1. The van der Waals surface area contributed by atoms with Gasteiger partial charge in [-0.1, -0.05) is 0 Å². The standard InChI is InChI=1S/C13H15NO4/c15-11-4-1-3-10-9(11)6-7-12(16)14(10)8-2-5-13(17)18/h6-7H,1-5,8H2,(H,17,18). The van der Waals surface area contributed by atoms with Crippen LogP contribution in [0.3, 0.4) is 0 Å². The first-order valence-corrected chi connectivity index (χ1v) is 6.07. The molecule has 1 aromatic rings. The Morgan fingerprint density at radius 1 is 1.28 bits per heavy atom. The lowest BCUT2D eigenvalue weighted by molar-refractivity contribution is -0.137. The average molecular weight is 249 g/mol. The third kappa shape index (κ3) is 2.50. The third-order valence-corrected chi connectivity index (χ3v) is 3.19. The lowest BCUT2D eigenvalue weighted by Crippen LogP contribution is -2.28. The zero-order valence-corrected chi connectivity index (χ0v) is 10.0. The van der Waals surface area contributed by atoms with E-state index in [1.165, 1.54) is 6.07 Å². The van der Waals surface area contributed by atoms with Gasteiger partial charge in [0.25, 0.3) is 5.56 Å². The molecule has 18 heavy (non-hydrogen) atoms. The van der Waals surface area contributed by atoms with E-state index in [0.717, 1.165) is 12.1 Å². The molecule has 1 aromatic heterocycles. The van der Waals surface area contributed by atoms with Gasteiger partial charge in [0.05, 0.1) is 0 Å². The summed E-state index contributed by atoms with van der Waals surface area (Å²) in [5.41, 5.74) is 1.23. The minimum absolute atomic E-state index is 0.0318. The van der Waals surface area contributed by atoms with E-state index in [1.54, 1.807) is 10.6 Å². The Labute approximate surface area is 104 Å². The van der Waals surface area contributed by atoms with E-state index >= 15 is 0 Å². The molecule has 0 fully saturated rings. The lowest BCUT2D eigenvalue weighted by atomic mass is 9.94. The third-order valence-electron chi connectivity index (χ3n) is 3.19. The van der Waals surface area contributed by atoms with Gasteiger partial charge in [0.15, 0.2) is 5.78 Å². The van der Waals surface area contributed by atoms with Crippen LogP contribution >= 0.6 is 0 Å². The van der Waals surface area contributed by atoms with Crippen molar-refractivity contribution in [1.29, 1.82) is 0 Å². The Hall–Kier alpha value is -1.91. The summed E-state index contributed by atoms with van der Waals surface area (Å²) in [4.78, 5) is 34.0. The Bertz CT molecular complexity index is 544. The quantitative estimate of drug-likeness (QED) is 0.870. The first-order chi connectivity index (χ1) is 8.59. The van der Waals surface area contributed by atoms with Crippen LogP contribution in [0.15, 0.2) is 16.9 Å². The summed E-state index contributed by atoms with van der Waals surface area (Å²) in [5, 5.41) is 8.60. The normalized spacial score (nSPS) is 14.3. The molecule has 0 unspecified atom stereocenters. The van der Waals surface area contributed by atoms with Crippen LogP contribution in [0, 0.1) is 0 Å². The van der Waals surface area contributed by atoms with Gasteiger partial charge in [-0.2, -0.15) is 0 Å². The van der Waals surface area contributed by atoms with Crippen LogP contribution in [0.25, 0.3) is 0 Å². The Morgan fingerprint density at radius 3 is 2.78 bits per heavy atom. The number of rotatable bonds is 4. The predicted molar refractivity (Wildman–Crippen MR) is 64.8 cm³/mol. The molecule has 0 amide bonds. The fraction of sp³-hybridized carbons (Fsp3) is 0.462. The van der Waals surface area contributed by atoms with Crippen LogP contribution in [-0.4, -0.2) is 21.4 Å². The van der Waals surface area contributed by atoms with Crippen molar-refractivity contribution < 1.29 is 14.7 Å². The summed E-state index contributed by atoms with van der Waals surface area (Å²) in [6.45, 7) is 0.363. The summed E-state index contributed by atoms with van der Waals surface area (Å²) in [6.07, 6.45) is 2.43. The van der Waals surface area contributed by atoms with Gasteiger partial charge in [-0.3, -0.25) is 14.4 Å². The smallest absolute Gasteiger partial charge is 0.303 e. The number of Topliss-reactive ketones (excluding diaryl/α,β-unsaturated/α-hetero) is 1. The van der Waals surface area contributed by atoms with Crippen molar-refractivity contribution in [2.24, 2.45) is 0 Å². The summed E-state index contributed by atoms with van der Waals surface area (Å²) in [6, 6.07) is 2.98. The molecule has 0 spiro atoms. The molecule has 5 nitrogen and oxygen atoms in total. The minimum Gasteiger partial charge on any atom is -0.481 e. The lowest BCUT2D eigenvalue weighted by Gasteiger charge is -2.19. The molecular formula is C13H15NO4. The highest BCUT2D eigenvalue weighted by atomic mass is 16.4. The maximum Gasteiger partial charge on any atom is 0.303 e. The van der Waals surface area contributed by atoms with E-state index < -0.39 is 5.97 Å². The van der Waals surface area contributed by atoms with Crippen molar-refractivity contribution in [2.45, 2.75) is 38.6 Å². The summed E-state index contributed by atoms with van der Waals surface area (Å²) < 4.78 is 1.55. The molecule has 2 rings (SSSR count).